The number of aliphatic imine (C=N–C) groups is 1. The van der Waals surface area contributed by atoms with Crippen molar-refractivity contribution in [2.24, 2.45) is 10.9 Å². The van der Waals surface area contributed by atoms with Gasteiger partial charge < -0.3 is 15.1 Å². The van der Waals surface area contributed by atoms with Crippen molar-refractivity contribution in [1.29, 1.82) is 0 Å². The molecule has 32 heavy (non-hydrogen) atoms. The number of halogens is 1. The number of allylic oxidation sites excluding steroid dienone is 1. The van der Waals surface area contributed by atoms with Crippen molar-refractivity contribution in [3.63, 3.8) is 0 Å². The first-order valence-electron chi connectivity index (χ1n) is 11.2. The van der Waals surface area contributed by atoms with E-state index in [2.05, 4.69) is 5.32 Å². The number of carbonyl (C=O) groups is 2. The fourth-order valence-electron chi connectivity index (χ4n) is 4.12. The number of nitrogens with one attached hydrogen (secondary N) is 1. The third kappa shape index (κ3) is 4.74. The van der Waals surface area contributed by atoms with Crippen LogP contribution in [0.3, 0.4) is 0 Å². The summed E-state index contributed by atoms with van der Waals surface area (Å²) in [6.45, 7) is 7.81. The van der Waals surface area contributed by atoms with E-state index in [4.69, 9.17) is 16.6 Å². The maximum absolute atomic E-state index is 13.6. The zero-order valence-corrected chi connectivity index (χ0v) is 20.3. The van der Waals surface area contributed by atoms with Crippen LogP contribution in [0.4, 0.5) is 0 Å². The van der Waals surface area contributed by atoms with Crippen LogP contribution in [-0.4, -0.2) is 46.4 Å². The molecular formula is C24H29ClN4O2S. The van der Waals surface area contributed by atoms with E-state index in [0.717, 1.165) is 23.0 Å². The molecule has 6 nitrogen and oxygen atoms in total. The molecular weight excluding hydrogens is 444 g/mol. The zero-order valence-electron chi connectivity index (χ0n) is 18.7. The van der Waals surface area contributed by atoms with Gasteiger partial charge in [0.05, 0.1) is 23.7 Å². The molecule has 3 aliphatic rings. The molecule has 0 radical (unpaired) electrons. The van der Waals surface area contributed by atoms with Gasteiger partial charge in [0, 0.05) is 30.4 Å². The predicted molar refractivity (Wildman–Crippen MR) is 130 cm³/mol. The molecule has 1 N–H and O–H groups in total. The Bertz CT molecular complexity index is 1010. The van der Waals surface area contributed by atoms with Crippen LogP contribution < -0.4 is 5.32 Å². The number of hydrogen-bond donors (Lipinski definition) is 1. The molecule has 4 rings (SSSR count). The molecule has 0 spiro atoms. The number of nitrogens with zero attached hydrogens (tertiary/aromatic N) is 3. The minimum Gasteiger partial charge on any atom is -0.355 e. The van der Waals surface area contributed by atoms with E-state index >= 15 is 0 Å². The lowest BCUT2D eigenvalue weighted by Gasteiger charge is -2.38. The van der Waals surface area contributed by atoms with Gasteiger partial charge in [-0.05, 0) is 62.6 Å². The van der Waals surface area contributed by atoms with Crippen LogP contribution >= 0.6 is 23.4 Å². The molecule has 1 unspecified atom stereocenters. The summed E-state index contributed by atoms with van der Waals surface area (Å²) in [4.78, 5) is 34.8. The van der Waals surface area contributed by atoms with Crippen LogP contribution in [-0.2, 0) is 9.59 Å². The Morgan fingerprint density at radius 2 is 2.03 bits per heavy atom. The molecule has 1 aromatic carbocycles. The SMILES string of the molecule is CCN(CC)C(=O)C1=C(C)N=C2SC=C(CC(=O)NCC3CC3)N2C1c1cccc(Cl)c1. The van der Waals surface area contributed by atoms with Gasteiger partial charge in [0.25, 0.3) is 5.91 Å². The molecule has 2 heterocycles. The van der Waals surface area contributed by atoms with Crippen LogP contribution in [0.15, 0.2) is 51.6 Å². The third-order valence-corrected chi connectivity index (χ3v) is 7.20. The highest BCUT2D eigenvalue weighted by Gasteiger charge is 2.41. The normalized spacial score (nSPS) is 20.0. The number of thioether (sulfide) groups is 1. The number of benzene rings is 1. The van der Waals surface area contributed by atoms with Crippen molar-refractivity contribution < 1.29 is 9.59 Å². The van der Waals surface area contributed by atoms with E-state index < -0.39 is 0 Å². The largest absolute Gasteiger partial charge is 0.355 e. The minimum absolute atomic E-state index is 0.00209. The quantitative estimate of drug-likeness (QED) is 0.595. The molecule has 0 aromatic heterocycles. The number of rotatable bonds is 8. The van der Waals surface area contributed by atoms with Crippen LogP contribution in [0.25, 0.3) is 0 Å². The highest BCUT2D eigenvalue weighted by molar-refractivity contribution is 8.16. The molecule has 8 heteroatoms. The first-order valence-corrected chi connectivity index (χ1v) is 12.4. The maximum atomic E-state index is 13.6. The lowest BCUT2D eigenvalue weighted by molar-refractivity contribution is -0.127. The van der Waals surface area contributed by atoms with Gasteiger partial charge in [-0.1, -0.05) is 35.5 Å². The second-order valence-electron chi connectivity index (χ2n) is 8.35. The number of amidine groups is 1. The standard InChI is InChI=1S/C24H29ClN4O2S/c1-4-28(5-2)23(31)21-15(3)27-24-29(22(21)17-7-6-8-18(25)11-17)19(14-32-24)12-20(30)26-13-16-9-10-16/h6-8,11,14,16,22H,4-5,9-10,12-13H2,1-3H3,(H,26,30). The fraction of sp³-hybridized carbons (Fsp3) is 0.458. The molecule has 2 aliphatic heterocycles. The van der Waals surface area contributed by atoms with Crippen molar-refractivity contribution in [1.82, 2.24) is 15.1 Å². The highest BCUT2D eigenvalue weighted by atomic mass is 35.5. The van der Waals surface area contributed by atoms with Crippen LogP contribution in [0.2, 0.25) is 5.02 Å². The summed E-state index contributed by atoms with van der Waals surface area (Å²) < 4.78 is 0. The first kappa shape index (κ1) is 22.9. The van der Waals surface area contributed by atoms with Gasteiger partial charge in [0.2, 0.25) is 5.91 Å². The lowest BCUT2D eigenvalue weighted by Crippen LogP contribution is -2.42. The number of hydrogen-bond acceptors (Lipinski definition) is 5. The van der Waals surface area contributed by atoms with Gasteiger partial charge >= 0.3 is 0 Å². The van der Waals surface area contributed by atoms with Gasteiger partial charge in [-0.2, -0.15) is 0 Å². The molecule has 1 atom stereocenters. The number of likely N-dealkylation sites (N-methyl/N-ethyl adjacent to an activating group) is 1. The van der Waals surface area contributed by atoms with Gasteiger partial charge in [-0.25, -0.2) is 4.99 Å². The molecule has 1 saturated carbocycles. The highest BCUT2D eigenvalue weighted by Crippen LogP contribution is 2.45. The van der Waals surface area contributed by atoms with Crippen molar-refractivity contribution >= 4 is 40.3 Å². The summed E-state index contributed by atoms with van der Waals surface area (Å²) in [5.41, 5.74) is 3.10. The monoisotopic (exact) mass is 472 g/mol. The second kappa shape index (κ2) is 9.71. The molecule has 2 amide bonds. The molecule has 1 aliphatic carbocycles. The summed E-state index contributed by atoms with van der Waals surface area (Å²) in [6, 6.07) is 7.22. The number of fused-ring (bicyclic) bond motifs is 1. The average molecular weight is 473 g/mol. The first-order chi connectivity index (χ1) is 15.4. The Kier molecular flexibility index (Phi) is 6.96. The Morgan fingerprint density at radius 1 is 1.28 bits per heavy atom. The molecule has 0 bridgehead atoms. The van der Waals surface area contributed by atoms with Crippen LogP contribution in [0.5, 0.6) is 0 Å². The maximum Gasteiger partial charge on any atom is 0.254 e. The van der Waals surface area contributed by atoms with E-state index in [1.54, 1.807) is 0 Å². The fourth-order valence-corrected chi connectivity index (χ4v) is 5.29. The summed E-state index contributed by atoms with van der Waals surface area (Å²) in [7, 11) is 0. The van der Waals surface area contributed by atoms with E-state index in [1.807, 2.05) is 60.2 Å². The molecule has 1 fully saturated rings. The van der Waals surface area contributed by atoms with Crippen molar-refractivity contribution in [2.75, 3.05) is 19.6 Å². The summed E-state index contributed by atoms with van der Waals surface area (Å²) in [5, 5.41) is 6.42. The average Bonchev–Trinajstić information content (AvgIpc) is 3.53. The van der Waals surface area contributed by atoms with E-state index in [9.17, 15) is 9.59 Å². The van der Waals surface area contributed by atoms with Crippen LogP contribution in [0.1, 0.15) is 51.6 Å². The summed E-state index contributed by atoms with van der Waals surface area (Å²) >= 11 is 7.84. The van der Waals surface area contributed by atoms with E-state index in [0.29, 0.717) is 35.3 Å². The summed E-state index contributed by atoms with van der Waals surface area (Å²) in [5.74, 6) is 0.591. The summed E-state index contributed by atoms with van der Waals surface area (Å²) in [6.07, 6.45) is 2.64. The second-order valence-corrected chi connectivity index (χ2v) is 9.62. The Balaban J connectivity index is 1.69. The van der Waals surface area contributed by atoms with Gasteiger partial charge in [0.15, 0.2) is 5.17 Å². The van der Waals surface area contributed by atoms with E-state index in [-0.39, 0.29) is 24.3 Å². The lowest BCUT2D eigenvalue weighted by atomic mass is 9.92. The van der Waals surface area contributed by atoms with Gasteiger partial charge in [-0.15, -0.1) is 0 Å². The smallest absolute Gasteiger partial charge is 0.254 e. The minimum atomic E-state index is -0.383. The Labute approximate surface area is 198 Å². The zero-order chi connectivity index (χ0) is 22.8. The van der Waals surface area contributed by atoms with Gasteiger partial charge in [-0.3, -0.25) is 9.59 Å². The van der Waals surface area contributed by atoms with Crippen molar-refractivity contribution in [2.45, 2.75) is 46.1 Å². The molecule has 170 valence electrons. The topological polar surface area (TPSA) is 65.0 Å². The molecule has 0 saturated heterocycles. The third-order valence-electron chi connectivity index (χ3n) is 6.07. The van der Waals surface area contributed by atoms with Crippen LogP contribution in [0, 0.1) is 5.92 Å². The Hall–Kier alpha value is -2.25. The number of amides is 2. The van der Waals surface area contributed by atoms with Gasteiger partial charge in [0.1, 0.15) is 0 Å². The number of carbonyl (C=O) groups excluding carboxylic acids is 2. The predicted octanol–water partition coefficient (Wildman–Crippen LogP) is 4.70. The van der Waals surface area contributed by atoms with Crippen molar-refractivity contribution in [3.05, 3.63) is 57.2 Å². The van der Waals surface area contributed by atoms with Crippen molar-refractivity contribution in [3.8, 4) is 0 Å². The van der Waals surface area contributed by atoms with E-state index in [1.165, 1.54) is 24.6 Å². The Morgan fingerprint density at radius 3 is 2.69 bits per heavy atom. The molecule has 1 aromatic rings.